The lowest BCUT2D eigenvalue weighted by Crippen LogP contribution is -2.11. The summed E-state index contributed by atoms with van der Waals surface area (Å²) >= 11 is 0. The highest BCUT2D eigenvalue weighted by atomic mass is 16.7. The third-order valence-corrected chi connectivity index (χ3v) is 3.96. The van der Waals surface area contributed by atoms with Gasteiger partial charge in [0.05, 0.1) is 22.5 Å². The average molecular weight is 391 g/mol. The van der Waals surface area contributed by atoms with Crippen molar-refractivity contribution in [2.45, 2.75) is 6.92 Å². The first-order chi connectivity index (χ1) is 13.9. The number of aryl methyl sites for hydroxylation is 1. The van der Waals surface area contributed by atoms with Crippen LogP contribution in [0.3, 0.4) is 0 Å². The molecule has 0 aliphatic carbocycles. The summed E-state index contributed by atoms with van der Waals surface area (Å²) < 4.78 is 0. The Hall–Kier alpha value is -4.20. The van der Waals surface area contributed by atoms with E-state index in [9.17, 15) is 19.8 Å². The second-order valence-electron chi connectivity index (χ2n) is 6.06. The zero-order valence-electron chi connectivity index (χ0n) is 15.4. The van der Waals surface area contributed by atoms with Gasteiger partial charge in [0.15, 0.2) is 0 Å². The number of amides is 1. The largest absolute Gasteiger partial charge is 0.508 e. The Labute approximate surface area is 166 Å². The van der Waals surface area contributed by atoms with Crippen molar-refractivity contribution in [3.63, 3.8) is 0 Å². The van der Waals surface area contributed by atoms with Crippen LogP contribution in [-0.4, -0.2) is 22.1 Å². The van der Waals surface area contributed by atoms with Crippen LogP contribution < -0.4 is 5.48 Å². The van der Waals surface area contributed by atoms with Gasteiger partial charge in [0.2, 0.25) is 0 Å². The number of phenolic OH excluding ortho intramolecular Hbond substituents is 2. The zero-order chi connectivity index (χ0) is 20.8. The second-order valence-corrected chi connectivity index (χ2v) is 6.06. The molecule has 0 unspecified atom stereocenters. The molecule has 3 rings (SSSR count). The summed E-state index contributed by atoms with van der Waals surface area (Å²) in [6.45, 7) is 1.82. The van der Waals surface area contributed by atoms with Crippen LogP contribution in [0.2, 0.25) is 0 Å². The number of anilines is 1. The Morgan fingerprint density at radius 2 is 1.66 bits per heavy atom. The molecule has 0 bridgehead atoms. The minimum Gasteiger partial charge on any atom is -0.508 e. The van der Waals surface area contributed by atoms with E-state index in [1.165, 1.54) is 12.1 Å². The topological polar surface area (TPSA) is 121 Å². The summed E-state index contributed by atoms with van der Waals surface area (Å²) in [6.07, 6.45) is 0. The SMILES string of the molecule is Cc1ccccc1C(=O)ONc1ccc(N=NC(=O)c2ccc(O)cc2O)cc1. The number of carbonyl (C=O) groups excluding carboxylic acids is 2. The van der Waals surface area contributed by atoms with Crippen molar-refractivity contribution < 1.29 is 24.6 Å². The molecule has 0 saturated carbocycles. The van der Waals surface area contributed by atoms with E-state index >= 15 is 0 Å². The van der Waals surface area contributed by atoms with Gasteiger partial charge in [-0.15, -0.1) is 10.2 Å². The fraction of sp³-hybridized carbons (Fsp3) is 0.0476. The molecule has 3 aromatic rings. The first kappa shape index (κ1) is 19.6. The lowest BCUT2D eigenvalue weighted by molar-refractivity contribution is 0.0595. The summed E-state index contributed by atoms with van der Waals surface area (Å²) in [6, 6.07) is 17.0. The van der Waals surface area contributed by atoms with Crippen molar-refractivity contribution in [3.05, 3.63) is 83.4 Å². The number of rotatable bonds is 5. The molecule has 8 nitrogen and oxygen atoms in total. The van der Waals surface area contributed by atoms with Crippen molar-refractivity contribution in [2.75, 3.05) is 5.48 Å². The van der Waals surface area contributed by atoms with Gasteiger partial charge < -0.3 is 15.1 Å². The van der Waals surface area contributed by atoms with E-state index in [1.807, 2.05) is 19.1 Å². The van der Waals surface area contributed by atoms with Gasteiger partial charge in [-0.1, -0.05) is 18.2 Å². The van der Waals surface area contributed by atoms with E-state index in [0.29, 0.717) is 16.9 Å². The van der Waals surface area contributed by atoms with E-state index in [-0.39, 0.29) is 17.1 Å². The van der Waals surface area contributed by atoms with Crippen molar-refractivity contribution in [3.8, 4) is 11.5 Å². The smallest absolute Gasteiger partial charge is 0.363 e. The molecular formula is C21H17N3O5. The summed E-state index contributed by atoms with van der Waals surface area (Å²) in [5.41, 5.74) is 4.63. The van der Waals surface area contributed by atoms with Crippen LogP contribution in [0.1, 0.15) is 26.3 Å². The molecule has 0 aliphatic heterocycles. The minimum absolute atomic E-state index is 0.0760. The Balaban J connectivity index is 1.60. The van der Waals surface area contributed by atoms with Crippen molar-refractivity contribution in [1.29, 1.82) is 0 Å². The van der Waals surface area contributed by atoms with Gasteiger partial charge in [-0.25, -0.2) is 10.3 Å². The molecule has 8 heteroatoms. The molecule has 0 fully saturated rings. The molecule has 0 atom stereocenters. The van der Waals surface area contributed by atoms with Crippen LogP contribution in [0.25, 0.3) is 0 Å². The fourth-order valence-corrected chi connectivity index (χ4v) is 2.42. The molecule has 146 valence electrons. The molecular weight excluding hydrogens is 374 g/mol. The maximum atomic E-state index is 12.1. The van der Waals surface area contributed by atoms with Crippen LogP contribution in [0, 0.1) is 6.92 Å². The summed E-state index contributed by atoms with van der Waals surface area (Å²) in [5, 5.41) is 26.3. The molecule has 0 aliphatic rings. The van der Waals surface area contributed by atoms with E-state index < -0.39 is 11.9 Å². The van der Waals surface area contributed by atoms with Gasteiger partial charge in [0.25, 0.3) is 5.91 Å². The highest BCUT2D eigenvalue weighted by Crippen LogP contribution is 2.24. The molecule has 0 saturated heterocycles. The maximum Gasteiger partial charge on any atom is 0.363 e. The number of benzene rings is 3. The number of azo groups is 1. The minimum atomic E-state index is -0.753. The zero-order valence-corrected chi connectivity index (χ0v) is 15.4. The van der Waals surface area contributed by atoms with Gasteiger partial charge in [-0.3, -0.25) is 4.79 Å². The lowest BCUT2D eigenvalue weighted by atomic mass is 10.1. The van der Waals surface area contributed by atoms with Crippen LogP contribution in [0.4, 0.5) is 11.4 Å². The molecule has 0 spiro atoms. The predicted octanol–water partition coefficient (Wildman–Crippen LogP) is 4.51. The third kappa shape index (κ3) is 4.95. The van der Waals surface area contributed by atoms with E-state index in [4.69, 9.17) is 4.84 Å². The maximum absolute atomic E-state index is 12.1. The van der Waals surface area contributed by atoms with Gasteiger partial charge in [-0.05, 0) is 55.0 Å². The molecule has 3 N–H and O–H groups in total. The molecule has 29 heavy (non-hydrogen) atoms. The van der Waals surface area contributed by atoms with Crippen LogP contribution in [-0.2, 0) is 4.84 Å². The van der Waals surface area contributed by atoms with Crippen molar-refractivity contribution in [1.82, 2.24) is 0 Å². The average Bonchev–Trinajstić information content (AvgIpc) is 2.71. The third-order valence-electron chi connectivity index (χ3n) is 3.96. The van der Waals surface area contributed by atoms with E-state index in [0.717, 1.165) is 11.6 Å². The number of nitrogens with one attached hydrogen (secondary N) is 1. The standard InChI is InChI=1S/C21H17N3O5/c1-13-4-2-3-5-17(13)21(28)29-24-15-8-6-14(7-9-15)22-23-20(27)18-11-10-16(25)12-19(18)26/h2-12,24-26H,1H3. The number of aromatic hydroxyl groups is 2. The van der Waals surface area contributed by atoms with Gasteiger partial charge >= 0.3 is 5.97 Å². The molecule has 1 amide bonds. The Bertz CT molecular complexity index is 1080. The summed E-state index contributed by atoms with van der Waals surface area (Å²) in [7, 11) is 0. The number of phenols is 2. The number of nitrogens with zero attached hydrogens (tertiary/aromatic N) is 2. The van der Waals surface area contributed by atoms with Crippen molar-refractivity contribution >= 4 is 23.3 Å². The Morgan fingerprint density at radius 3 is 2.34 bits per heavy atom. The van der Waals surface area contributed by atoms with Crippen LogP contribution in [0.5, 0.6) is 11.5 Å². The fourth-order valence-electron chi connectivity index (χ4n) is 2.42. The molecule has 0 aromatic heterocycles. The van der Waals surface area contributed by atoms with E-state index in [1.54, 1.807) is 36.4 Å². The lowest BCUT2D eigenvalue weighted by Gasteiger charge is -2.08. The Morgan fingerprint density at radius 1 is 0.931 bits per heavy atom. The second kappa shape index (κ2) is 8.66. The van der Waals surface area contributed by atoms with Crippen LogP contribution in [0.15, 0.2) is 77.0 Å². The summed E-state index contributed by atoms with van der Waals surface area (Å²) in [5.74, 6) is -1.81. The number of hydrogen-bond acceptors (Lipinski definition) is 7. The predicted molar refractivity (Wildman–Crippen MR) is 105 cm³/mol. The van der Waals surface area contributed by atoms with Gasteiger partial charge in [0.1, 0.15) is 11.5 Å². The quantitative estimate of drug-likeness (QED) is 0.434. The first-order valence-electron chi connectivity index (χ1n) is 8.55. The monoisotopic (exact) mass is 391 g/mol. The number of carbonyl (C=O) groups is 2. The molecule has 0 heterocycles. The highest BCUT2D eigenvalue weighted by Gasteiger charge is 2.11. The van der Waals surface area contributed by atoms with Gasteiger partial charge in [-0.2, -0.15) is 0 Å². The Kier molecular flexibility index (Phi) is 5.84. The number of hydrogen-bond donors (Lipinski definition) is 3. The molecule has 3 aromatic carbocycles. The summed E-state index contributed by atoms with van der Waals surface area (Å²) in [4.78, 5) is 29.1. The first-order valence-corrected chi connectivity index (χ1v) is 8.55. The highest BCUT2D eigenvalue weighted by molar-refractivity contribution is 5.97. The van der Waals surface area contributed by atoms with E-state index in [2.05, 4.69) is 15.7 Å². The normalized spacial score (nSPS) is 10.7. The van der Waals surface area contributed by atoms with Gasteiger partial charge in [0, 0.05) is 6.07 Å². The molecule has 0 radical (unpaired) electrons. The van der Waals surface area contributed by atoms with Crippen LogP contribution >= 0.6 is 0 Å². The van der Waals surface area contributed by atoms with Crippen molar-refractivity contribution in [2.24, 2.45) is 10.2 Å².